The zero-order valence-corrected chi connectivity index (χ0v) is 9.87. The zero-order chi connectivity index (χ0) is 12.5. The van der Waals surface area contributed by atoms with Crippen molar-refractivity contribution in [2.75, 3.05) is 31.1 Å². The van der Waals surface area contributed by atoms with Crippen LogP contribution in [0.4, 0.5) is 5.69 Å². The van der Waals surface area contributed by atoms with Crippen LogP contribution in [0.15, 0.2) is 18.2 Å². The van der Waals surface area contributed by atoms with Crippen LogP contribution in [0.1, 0.15) is 0 Å². The normalized spacial score (nSPS) is 27.1. The molecule has 0 spiro atoms. The Morgan fingerprint density at radius 3 is 3.06 bits per heavy atom. The molecule has 1 aromatic carbocycles. The topological polar surface area (TPSA) is 74.2 Å². The van der Waals surface area contributed by atoms with E-state index in [1.165, 1.54) is 0 Å². The molecule has 0 aromatic heterocycles. The summed E-state index contributed by atoms with van der Waals surface area (Å²) in [5.41, 5.74) is 0.840. The summed E-state index contributed by atoms with van der Waals surface area (Å²) in [5.74, 6) is 1.18. The fraction of sp³-hybridized carbons (Fsp3) is 0.500. The third kappa shape index (κ3) is 2.10. The summed E-state index contributed by atoms with van der Waals surface area (Å²) < 4.78 is 10.9. The van der Waals surface area contributed by atoms with Crippen molar-refractivity contribution in [3.8, 4) is 11.5 Å². The van der Waals surface area contributed by atoms with Crippen LogP contribution in [0, 0.1) is 0 Å². The summed E-state index contributed by atoms with van der Waals surface area (Å²) in [6.07, 6.45) is -1.49. The lowest BCUT2D eigenvalue weighted by Crippen LogP contribution is -2.50. The highest BCUT2D eigenvalue weighted by atomic mass is 16.7. The Kier molecular flexibility index (Phi) is 2.99. The highest BCUT2D eigenvalue weighted by Gasteiger charge is 2.26. The molecule has 2 atom stereocenters. The minimum atomic E-state index is -0.938. The molecule has 6 heteroatoms. The standard InChI is InChI=1S/C12H16N2O4/c15-10-6-14(5-4-13-10)8-2-1-3-9-12(8)18-11(16)7-17-9/h1-3,10-11,13,15-16H,4-7H2. The molecule has 0 aliphatic carbocycles. The molecular formula is C12H16N2O4. The zero-order valence-electron chi connectivity index (χ0n) is 9.87. The van der Waals surface area contributed by atoms with Gasteiger partial charge < -0.3 is 24.6 Å². The number of aliphatic hydroxyl groups excluding tert-OH is 2. The number of hydrogen-bond donors (Lipinski definition) is 3. The maximum Gasteiger partial charge on any atom is 0.232 e. The van der Waals surface area contributed by atoms with Crippen molar-refractivity contribution in [1.82, 2.24) is 5.32 Å². The number of hydrogen-bond acceptors (Lipinski definition) is 6. The van der Waals surface area contributed by atoms with E-state index in [-0.39, 0.29) is 6.61 Å². The second-order valence-corrected chi connectivity index (χ2v) is 4.40. The predicted octanol–water partition coefficient (Wildman–Crippen LogP) is -0.496. The fourth-order valence-electron chi connectivity index (χ4n) is 2.27. The number of para-hydroxylation sites is 1. The number of rotatable bonds is 1. The lowest BCUT2D eigenvalue weighted by Gasteiger charge is -2.35. The number of aliphatic hydroxyl groups is 2. The Labute approximate surface area is 105 Å². The Hall–Kier alpha value is -1.50. The van der Waals surface area contributed by atoms with Gasteiger partial charge in [0.05, 0.1) is 12.2 Å². The molecule has 1 fully saturated rings. The summed E-state index contributed by atoms with van der Waals surface area (Å²) in [5, 5.41) is 22.1. The van der Waals surface area contributed by atoms with Gasteiger partial charge in [0.25, 0.3) is 0 Å². The van der Waals surface area contributed by atoms with Crippen molar-refractivity contribution in [3.05, 3.63) is 18.2 Å². The van der Waals surface area contributed by atoms with E-state index in [4.69, 9.17) is 9.47 Å². The van der Waals surface area contributed by atoms with E-state index in [0.29, 0.717) is 24.6 Å². The molecule has 3 N–H and O–H groups in total. The quantitative estimate of drug-likeness (QED) is 0.626. The summed E-state index contributed by atoms with van der Waals surface area (Å²) >= 11 is 0. The second-order valence-electron chi connectivity index (χ2n) is 4.40. The molecule has 2 unspecified atom stereocenters. The van der Waals surface area contributed by atoms with E-state index in [0.717, 1.165) is 12.2 Å². The van der Waals surface area contributed by atoms with Crippen LogP contribution >= 0.6 is 0 Å². The number of anilines is 1. The maximum absolute atomic E-state index is 9.62. The minimum Gasteiger partial charge on any atom is -0.483 e. The largest absolute Gasteiger partial charge is 0.483 e. The van der Waals surface area contributed by atoms with Gasteiger partial charge in [-0.25, -0.2) is 0 Å². The summed E-state index contributed by atoms with van der Waals surface area (Å²) in [6, 6.07) is 5.59. The van der Waals surface area contributed by atoms with Gasteiger partial charge in [0.15, 0.2) is 18.1 Å². The van der Waals surface area contributed by atoms with Gasteiger partial charge >= 0.3 is 0 Å². The Morgan fingerprint density at radius 1 is 1.33 bits per heavy atom. The van der Waals surface area contributed by atoms with Crippen LogP contribution < -0.4 is 19.7 Å². The number of piperazine rings is 1. The van der Waals surface area contributed by atoms with Crippen LogP contribution in [0.5, 0.6) is 11.5 Å². The van der Waals surface area contributed by atoms with Crippen LogP contribution in [0.25, 0.3) is 0 Å². The van der Waals surface area contributed by atoms with Crippen LogP contribution in [0.3, 0.4) is 0 Å². The van der Waals surface area contributed by atoms with Crippen LogP contribution in [-0.2, 0) is 0 Å². The molecule has 3 rings (SSSR count). The Morgan fingerprint density at radius 2 is 2.22 bits per heavy atom. The first kappa shape index (κ1) is 11.6. The molecular weight excluding hydrogens is 236 g/mol. The fourth-order valence-corrected chi connectivity index (χ4v) is 2.27. The van der Waals surface area contributed by atoms with E-state index >= 15 is 0 Å². The third-order valence-corrected chi connectivity index (χ3v) is 3.09. The minimum absolute atomic E-state index is 0.140. The van der Waals surface area contributed by atoms with Crippen molar-refractivity contribution in [1.29, 1.82) is 0 Å². The van der Waals surface area contributed by atoms with Gasteiger partial charge in [0, 0.05) is 13.1 Å². The summed E-state index contributed by atoms with van der Waals surface area (Å²) in [4.78, 5) is 2.02. The van der Waals surface area contributed by atoms with Gasteiger partial charge in [-0.2, -0.15) is 0 Å². The first-order chi connectivity index (χ1) is 8.74. The van der Waals surface area contributed by atoms with Crippen LogP contribution in [-0.4, -0.2) is 49.0 Å². The SMILES string of the molecule is OC1CN(c2cccc3c2OC(O)CO3)CCN1. The highest BCUT2D eigenvalue weighted by Crippen LogP contribution is 2.40. The molecule has 98 valence electrons. The van der Waals surface area contributed by atoms with Gasteiger partial charge in [-0.1, -0.05) is 6.07 Å². The third-order valence-electron chi connectivity index (χ3n) is 3.09. The number of fused-ring (bicyclic) bond motifs is 1. The van der Waals surface area contributed by atoms with Gasteiger partial charge in [0.1, 0.15) is 6.23 Å². The molecule has 0 saturated carbocycles. The Balaban J connectivity index is 1.92. The van der Waals surface area contributed by atoms with Crippen molar-refractivity contribution >= 4 is 5.69 Å². The predicted molar refractivity (Wildman–Crippen MR) is 64.8 cm³/mol. The van der Waals surface area contributed by atoms with Crippen LogP contribution in [0.2, 0.25) is 0 Å². The second kappa shape index (κ2) is 4.64. The highest BCUT2D eigenvalue weighted by molar-refractivity contribution is 5.65. The Bertz CT molecular complexity index is 440. The smallest absolute Gasteiger partial charge is 0.232 e. The van der Waals surface area contributed by atoms with Gasteiger partial charge in [-0.15, -0.1) is 0 Å². The number of β-amino-alcohol motifs (C(OH)–C–C–N with tert-alkyl or cyclic N) is 1. The molecule has 1 aromatic rings. The number of nitrogens with zero attached hydrogens (tertiary/aromatic N) is 1. The van der Waals surface area contributed by atoms with E-state index in [9.17, 15) is 10.2 Å². The van der Waals surface area contributed by atoms with Crippen molar-refractivity contribution < 1.29 is 19.7 Å². The molecule has 2 aliphatic rings. The van der Waals surface area contributed by atoms with E-state index in [2.05, 4.69) is 5.32 Å². The van der Waals surface area contributed by atoms with Gasteiger partial charge in [0.2, 0.25) is 6.29 Å². The summed E-state index contributed by atoms with van der Waals surface area (Å²) in [6.45, 7) is 2.09. The lowest BCUT2D eigenvalue weighted by atomic mass is 10.2. The van der Waals surface area contributed by atoms with Gasteiger partial charge in [-0.3, -0.25) is 5.32 Å². The first-order valence-corrected chi connectivity index (χ1v) is 6.01. The maximum atomic E-state index is 9.62. The molecule has 2 heterocycles. The van der Waals surface area contributed by atoms with E-state index in [1.54, 1.807) is 0 Å². The molecule has 1 saturated heterocycles. The monoisotopic (exact) mass is 252 g/mol. The van der Waals surface area contributed by atoms with E-state index < -0.39 is 12.5 Å². The summed E-state index contributed by atoms with van der Waals surface area (Å²) in [7, 11) is 0. The van der Waals surface area contributed by atoms with E-state index in [1.807, 2.05) is 23.1 Å². The van der Waals surface area contributed by atoms with Gasteiger partial charge in [-0.05, 0) is 12.1 Å². The molecule has 18 heavy (non-hydrogen) atoms. The number of nitrogens with one attached hydrogen (secondary N) is 1. The van der Waals surface area contributed by atoms with Crippen molar-refractivity contribution in [2.45, 2.75) is 12.5 Å². The first-order valence-electron chi connectivity index (χ1n) is 6.01. The lowest BCUT2D eigenvalue weighted by molar-refractivity contribution is -0.0666. The molecule has 0 bridgehead atoms. The molecule has 0 radical (unpaired) electrons. The van der Waals surface area contributed by atoms with Crippen molar-refractivity contribution in [2.24, 2.45) is 0 Å². The molecule has 6 nitrogen and oxygen atoms in total. The molecule has 2 aliphatic heterocycles. The molecule has 0 amide bonds. The number of benzene rings is 1. The van der Waals surface area contributed by atoms with Crippen molar-refractivity contribution in [3.63, 3.8) is 0 Å². The number of ether oxygens (including phenoxy) is 2. The average molecular weight is 252 g/mol. The average Bonchev–Trinajstić information content (AvgIpc) is 2.38.